The van der Waals surface area contributed by atoms with Gasteiger partial charge in [0.15, 0.2) is 5.96 Å². The molecule has 1 saturated carbocycles. The number of ether oxygens (including phenoxy) is 1. The third kappa shape index (κ3) is 6.19. The van der Waals surface area contributed by atoms with Gasteiger partial charge in [-0.1, -0.05) is 12.8 Å². The van der Waals surface area contributed by atoms with Crippen LogP contribution in [-0.2, 0) is 9.53 Å². The van der Waals surface area contributed by atoms with E-state index in [1.165, 1.54) is 12.8 Å². The number of rotatable bonds is 5. The van der Waals surface area contributed by atoms with Crippen LogP contribution in [-0.4, -0.2) is 86.2 Å². The van der Waals surface area contributed by atoms with Crippen LogP contribution in [0.3, 0.4) is 0 Å². The number of morpholine rings is 1. The minimum atomic E-state index is 0. The number of carbonyl (C=O) groups is 1. The Balaban J connectivity index is 0.00000280. The van der Waals surface area contributed by atoms with E-state index >= 15 is 0 Å². The normalized spacial score (nSPS) is 28.1. The average molecular weight is 507 g/mol. The maximum Gasteiger partial charge on any atom is 0.225 e. The van der Waals surface area contributed by atoms with Crippen molar-refractivity contribution in [1.82, 2.24) is 20.4 Å². The van der Waals surface area contributed by atoms with Crippen LogP contribution in [0.25, 0.3) is 0 Å². The second-order valence-electron chi connectivity index (χ2n) is 8.36. The number of aliphatic imine (C=N–C) groups is 1. The lowest BCUT2D eigenvalue weighted by molar-refractivity contribution is -0.134. The van der Waals surface area contributed by atoms with Gasteiger partial charge in [-0.25, -0.2) is 0 Å². The zero-order valence-electron chi connectivity index (χ0n) is 17.7. The lowest BCUT2D eigenvalue weighted by Crippen LogP contribution is -2.54. The number of nitrogens with zero attached hydrogens (tertiary/aromatic N) is 3. The first-order chi connectivity index (χ1) is 13.1. The number of likely N-dealkylation sites (tertiary alicyclic amines) is 1. The molecular weight excluding hydrogens is 469 g/mol. The van der Waals surface area contributed by atoms with Crippen LogP contribution >= 0.6 is 24.0 Å². The molecule has 162 valence electrons. The summed E-state index contributed by atoms with van der Waals surface area (Å²) < 4.78 is 5.53. The maximum atomic E-state index is 12.6. The zero-order chi connectivity index (χ0) is 19.2. The molecule has 1 aliphatic carbocycles. The highest BCUT2D eigenvalue weighted by Gasteiger charge is 2.32. The Kier molecular flexibility index (Phi) is 9.76. The van der Waals surface area contributed by atoms with E-state index in [2.05, 4.69) is 39.3 Å². The predicted octanol–water partition coefficient (Wildman–Crippen LogP) is 1.67. The van der Waals surface area contributed by atoms with Crippen LogP contribution < -0.4 is 10.6 Å². The van der Waals surface area contributed by atoms with Crippen LogP contribution in [0.2, 0.25) is 0 Å². The molecule has 0 bridgehead atoms. The number of guanidine groups is 1. The third-order valence-electron chi connectivity index (χ3n) is 6.32. The SMILES string of the molecule is CN=C(NCC(C)N1CCOCC1C)NC1CCN(C(=O)C2CCCC2)C1.I. The molecule has 0 aromatic carbocycles. The van der Waals surface area contributed by atoms with Crippen molar-refractivity contribution in [3.05, 3.63) is 0 Å². The average Bonchev–Trinajstić information content (AvgIpc) is 3.36. The first kappa shape index (κ1) is 23.7. The standard InChI is InChI=1S/C20H37N5O2.HI/c1-15(25-10-11-27-14-16(25)2)12-22-20(21-3)23-18-8-9-24(13-18)19(26)17-6-4-5-7-17;/h15-18H,4-14H2,1-3H3,(H2,21,22,23);1H. The lowest BCUT2D eigenvalue weighted by atomic mass is 10.1. The number of amides is 1. The quantitative estimate of drug-likeness (QED) is 0.337. The summed E-state index contributed by atoms with van der Waals surface area (Å²) in [5.41, 5.74) is 0. The number of hydrogen-bond donors (Lipinski definition) is 2. The molecule has 3 rings (SSSR count). The molecule has 8 heteroatoms. The Morgan fingerprint density at radius 3 is 2.68 bits per heavy atom. The van der Waals surface area contributed by atoms with Crippen molar-refractivity contribution in [1.29, 1.82) is 0 Å². The number of halogens is 1. The van der Waals surface area contributed by atoms with Gasteiger partial charge in [-0.3, -0.25) is 14.7 Å². The predicted molar refractivity (Wildman–Crippen MR) is 123 cm³/mol. The fourth-order valence-electron chi connectivity index (χ4n) is 4.65. The van der Waals surface area contributed by atoms with Crippen LogP contribution in [0.4, 0.5) is 0 Å². The van der Waals surface area contributed by atoms with Gasteiger partial charge in [0.25, 0.3) is 0 Å². The third-order valence-corrected chi connectivity index (χ3v) is 6.32. The van der Waals surface area contributed by atoms with Gasteiger partial charge in [-0.2, -0.15) is 0 Å². The van der Waals surface area contributed by atoms with Gasteiger partial charge in [0.2, 0.25) is 5.91 Å². The molecule has 28 heavy (non-hydrogen) atoms. The number of hydrogen-bond acceptors (Lipinski definition) is 4. The molecule has 0 radical (unpaired) electrons. The van der Waals surface area contributed by atoms with E-state index in [1.807, 2.05) is 7.05 Å². The number of carbonyl (C=O) groups excluding carboxylic acids is 1. The molecule has 3 aliphatic rings. The van der Waals surface area contributed by atoms with E-state index in [9.17, 15) is 4.79 Å². The van der Waals surface area contributed by atoms with E-state index in [-0.39, 0.29) is 29.9 Å². The van der Waals surface area contributed by atoms with Crippen LogP contribution in [0.15, 0.2) is 4.99 Å². The second-order valence-corrected chi connectivity index (χ2v) is 8.36. The summed E-state index contributed by atoms with van der Waals surface area (Å²) in [5, 5.41) is 6.98. The molecule has 1 amide bonds. The van der Waals surface area contributed by atoms with Gasteiger partial charge >= 0.3 is 0 Å². The highest BCUT2D eigenvalue weighted by Crippen LogP contribution is 2.27. The van der Waals surface area contributed by atoms with Gasteiger partial charge in [0.1, 0.15) is 0 Å². The highest BCUT2D eigenvalue weighted by molar-refractivity contribution is 14.0. The van der Waals surface area contributed by atoms with Crippen molar-refractivity contribution in [3.63, 3.8) is 0 Å². The van der Waals surface area contributed by atoms with Crippen molar-refractivity contribution in [2.75, 3.05) is 46.4 Å². The molecule has 2 saturated heterocycles. The van der Waals surface area contributed by atoms with Crippen LogP contribution in [0.5, 0.6) is 0 Å². The van der Waals surface area contributed by atoms with Crippen molar-refractivity contribution in [3.8, 4) is 0 Å². The maximum absolute atomic E-state index is 12.6. The minimum Gasteiger partial charge on any atom is -0.379 e. The topological polar surface area (TPSA) is 69.2 Å². The highest BCUT2D eigenvalue weighted by atomic mass is 127. The second kappa shape index (κ2) is 11.5. The van der Waals surface area contributed by atoms with E-state index in [0.717, 1.165) is 64.6 Å². The molecule has 2 heterocycles. The monoisotopic (exact) mass is 507 g/mol. The summed E-state index contributed by atoms with van der Waals surface area (Å²) in [6.45, 7) is 9.59. The van der Waals surface area contributed by atoms with Crippen molar-refractivity contribution in [2.24, 2.45) is 10.9 Å². The van der Waals surface area contributed by atoms with Crippen molar-refractivity contribution >= 4 is 35.8 Å². The summed E-state index contributed by atoms with van der Waals surface area (Å²) in [7, 11) is 1.81. The van der Waals surface area contributed by atoms with Crippen LogP contribution in [0.1, 0.15) is 46.0 Å². The van der Waals surface area contributed by atoms with Crippen LogP contribution in [0, 0.1) is 5.92 Å². The largest absolute Gasteiger partial charge is 0.379 e. The first-order valence-electron chi connectivity index (χ1n) is 10.7. The van der Waals surface area contributed by atoms with Gasteiger partial charge in [0.05, 0.1) is 13.2 Å². The fourth-order valence-corrected chi connectivity index (χ4v) is 4.65. The van der Waals surface area contributed by atoms with E-state index < -0.39 is 0 Å². The Labute approximate surface area is 187 Å². The molecule has 0 spiro atoms. The Hall–Kier alpha value is -0.610. The molecule has 3 atom stereocenters. The molecule has 0 aromatic rings. The smallest absolute Gasteiger partial charge is 0.225 e. The molecule has 2 N–H and O–H groups in total. The summed E-state index contributed by atoms with van der Waals surface area (Å²) >= 11 is 0. The lowest BCUT2D eigenvalue weighted by Gasteiger charge is -2.38. The Bertz CT molecular complexity index is 527. The molecule has 3 fully saturated rings. The Morgan fingerprint density at radius 2 is 2.00 bits per heavy atom. The summed E-state index contributed by atoms with van der Waals surface area (Å²) in [5.74, 6) is 1.48. The molecule has 2 aliphatic heterocycles. The van der Waals surface area contributed by atoms with Crippen molar-refractivity contribution in [2.45, 2.75) is 64.1 Å². The summed E-state index contributed by atoms with van der Waals surface area (Å²) in [6, 6.07) is 1.17. The van der Waals surface area contributed by atoms with E-state index in [4.69, 9.17) is 4.74 Å². The Morgan fingerprint density at radius 1 is 1.25 bits per heavy atom. The van der Waals surface area contributed by atoms with Gasteiger partial charge in [-0.15, -0.1) is 24.0 Å². The first-order valence-corrected chi connectivity index (χ1v) is 10.7. The van der Waals surface area contributed by atoms with E-state index in [0.29, 0.717) is 24.0 Å². The molecule has 3 unspecified atom stereocenters. The minimum absolute atomic E-state index is 0. The molecule has 0 aromatic heterocycles. The van der Waals surface area contributed by atoms with E-state index in [1.54, 1.807) is 0 Å². The number of nitrogens with one attached hydrogen (secondary N) is 2. The van der Waals surface area contributed by atoms with Gasteiger partial charge in [-0.05, 0) is 33.1 Å². The zero-order valence-corrected chi connectivity index (χ0v) is 20.0. The summed E-state index contributed by atoms with van der Waals surface area (Å²) in [6.07, 6.45) is 5.57. The fraction of sp³-hybridized carbons (Fsp3) is 0.900. The summed E-state index contributed by atoms with van der Waals surface area (Å²) in [4.78, 5) is 21.5. The van der Waals surface area contributed by atoms with Gasteiger partial charge < -0.3 is 20.3 Å². The molecule has 7 nitrogen and oxygen atoms in total. The van der Waals surface area contributed by atoms with Crippen molar-refractivity contribution < 1.29 is 9.53 Å². The van der Waals surface area contributed by atoms with Gasteiger partial charge in [0, 0.05) is 57.3 Å². The molecular formula is C20H38IN5O2.